The van der Waals surface area contributed by atoms with Gasteiger partial charge < -0.3 is 9.47 Å². The summed E-state index contributed by atoms with van der Waals surface area (Å²) in [7, 11) is -2.26. The fourth-order valence-electron chi connectivity index (χ4n) is 4.05. The number of nitrogens with two attached hydrogens (primary N) is 1. The number of carbonyl (C=O) groups is 1. The van der Waals surface area contributed by atoms with Gasteiger partial charge in [-0.2, -0.15) is 0 Å². The zero-order valence-corrected chi connectivity index (χ0v) is 19.8. The van der Waals surface area contributed by atoms with Gasteiger partial charge >= 0.3 is 0 Å². The molecule has 3 heterocycles. The van der Waals surface area contributed by atoms with Crippen molar-refractivity contribution < 1.29 is 13.2 Å². The number of likely N-dealkylation sites (N-methyl/N-ethyl adjacent to an activating group) is 1. The van der Waals surface area contributed by atoms with Crippen molar-refractivity contribution in [2.45, 2.75) is 43.0 Å². The number of aryl methyl sites for hydroxylation is 1. The number of piperidine rings is 1. The van der Waals surface area contributed by atoms with Crippen LogP contribution in [0.25, 0.3) is 0 Å². The highest BCUT2D eigenvalue weighted by Gasteiger charge is 2.24. The van der Waals surface area contributed by atoms with Crippen LogP contribution in [0.3, 0.4) is 0 Å². The van der Waals surface area contributed by atoms with Gasteiger partial charge in [-0.15, -0.1) is 0 Å². The number of hydrogen-bond acceptors (Lipinski definition) is 6. The molecule has 10 heteroatoms. The summed E-state index contributed by atoms with van der Waals surface area (Å²) in [5.74, 6) is -0.171. The summed E-state index contributed by atoms with van der Waals surface area (Å²) in [4.78, 5) is 20.8. The number of aromatic nitrogens is 2. The van der Waals surface area contributed by atoms with E-state index in [1.807, 2.05) is 24.3 Å². The smallest absolute Gasteiger partial charge is 0.249 e. The second-order valence-corrected chi connectivity index (χ2v) is 10.7. The lowest BCUT2D eigenvalue weighted by Gasteiger charge is -2.38. The van der Waals surface area contributed by atoms with Crippen molar-refractivity contribution in [1.29, 1.82) is 0 Å². The molecule has 32 heavy (non-hydrogen) atoms. The largest absolute Gasteiger partial charge is 0.351 e. The Morgan fingerprint density at radius 3 is 2.53 bits per heavy atom. The Morgan fingerprint density at radius 2 is 1.91 bits per heavy atom. The van der Waals surface area contributed by atoms with E-state index in [9.17, 15) is 13.2 Å². The number of hydrogen-bond donors (Lipinski definition) is 1. The number of rotatable bonds is 6. The van der Waals surface area contributed by atoms with E-state index in [-0.39, 0.29) is 16.5 Å². The van der Waals surface area contributed by atoms with Gasteiger partial charge in [-0.25, -0.2) is 18.5 Å². The number of amides is 1. The van der Waals surface area contributed by atoms with Crippen LogP contribution in [0.2, 0.25) is 0 Å². The van der Waals surface area contributed by atoms with Crippen LogP contribution in [-0.4, -0.2) is 37.5 Å². The molecule has 0 aliphatic carbocycles. The molecule has 4 rings (SSSR count). The lowest BCUT2D eigenvalue weighted by molar-refractivity contribution is -0.117. The molecule has 1 saturated heterocycles. The Bertz CT molecular complexity index is 1190. The first-order chi connectivity index (χ1) is 15.2. The minimum atomic E-state index is -3.86. The zero-order valence-electron chi connectivity index (χ0n) is 18.1. The summed E-state index contributed by atoms with van der Waals surface area (Å²) in [5.41, 5.74) is 2.33. The van der Waals surface area contributed by atoms with Crippen LogP contribution >= 0.6 is 11.3 Å². The number of sulfonamides is 1. The number of benzene rings is 1. The molecule has 1 amide bonds. The summed E-state index contributed by atoms with van der Waals surface area (Å²) < 4.78 is 25.5. The molecule has 170 valence electrons. The minimum absolute atomic E-state index is 0.0183. The molecule has 1 atom stereocenters. The van der Waals surface area contributed by atoms with Crippen molar-refractivity contribution in [3.05, 3.63) is 60.0 Å². The monoisotopic (exact) mass is 473 g/mol. The van der Waals surface area contributed by atoms with Gasteiger partial charge in [-0.1, -0.05) is 23.5 Å². The van der Waals surface area contributed by atoms with E-state index in [0.29, 0.717) is 17.0 Å². The maximum atomic E-state index is 12.8. The van der Waals surface area contributed by atoms with Crippen molar-refractivity contribution in [2.24, 2.45) is 5.14 Å². The highest BCUT2D eigenvalue weighted by molar-refractivity contribution is 7.91. The summed E-state index contributed by atoms with van der Waals surface area (Å²) in [5, 5.41) is 5.54. The van der Waals surface area contributed by atoms with Gasteiger partial charge in [0.15, 0.2) is 9.34 Å². The van der Waals surface area contributed by atoms with E-state index >= 15 is 0 Å². The fraction of sp³-hybridized carbons (Fsp3) is 0.364. The summed E-state index contributed by atoms with van der Waals surface area (Å²) in [6.07, 6.45) is 8.19. The molecule has 0 radical (unpaired) electrons. The number of thiazole rings is 1. The predicted octanol–water partition coefficient (Wildman–Crippen LogP) is 3.30. The number of carbonyl (C=O) groups excluding carboxylic acids is 1. The number of nitrogens with zero attached hydrogens (tertiary/aromatic N) is 4. The molecule has 0 saturated carbocycles. The van der Waals surface area contributed by atoms with Crippen molar-refractivity contribution in [1.82, 2.24) is 9.55 Å². The van der Waals surface area contributed by atoms with E-state index in [1.165, 1.54) is 11.3 Å². The lowest BCUT2D eigenvalue weighted by Crippen LogP contribution is -2.36. The van der Waals surface area contributed by atoms with Crippen LogP contribution in [0.4, 0.5) is 10.8 Å². The van der Waals surface area contributed by atoms with E-state index in [2.05, 4.69) is 39.0 Å². The Labute approximate surface area is 192 Å². The first-order valence-electron chi connectivity index (χ1n) is 10.5. The van der Waals surface area contributed by atoms with Crippen molar-refractivity contribution in [3.63, 3.8) is 0 Å². The third kappa shape index (κ3) is 4.72. The maximum Gasteiger partial charge on any atom is 0.249 e. The molecule has 0 bridgehead atoms. The molecular weight excluding hydrogens is 446 g/mol. The van der Waals surface area contributed by atoms with Crippen molar-refractivity contribution in [3.8, 4) is 0 Å². The van der Waals surface area contributed by atoms with Gasteiger partial charge in [0.1, 0.15) is 6.17 Å². The normalized spacial score (nSPS) is 16.8. The zero-order chi connectivity index (χ0) is 22.9. The second kappa shape index (κ2) is 9.05. The molecule has 2 aromatic heterocycles. The molecule has 8 nitrogen and oxygen atoms in total. The minimum Gasteiger partial charge on any atom is -0.351 e. The van der Waals surface area contributed by atoms with Gasteiger partial charge in [-0.05, 0) is 56.0 Å². The summed E-state index contributed by atoms with van der Waals surface area (Å²) >= 11 is 0.906. The lowest BCUT2D eigenvalue weighted by atomic mass is 10.0. The topological polar surface area (TPSA) is 102 Å². The Balaban J connectivity index is 1.46. The second-order valence-electron chi connectivity index (χ2n) is 8.01. The maximum absolute atomic E-state index is 12.8. The van der Waals surface area contributed by atoms with Crippen LogP contribution in [0.1, 0.15) is 36.7 Å². The highest BCUT2D eigenvalue weighted by Crippen LogP contribution is 2.32. The highest BCUT2D eigenvalue weighted by atomic mass is 32.2. The molecular formula is C22H27N5O3S2. The van der Waals surface area contributed by atoms with Gasteiger partial charge in [0.2, 0.25) is 15.9 Å². The molecule has 0 spiro atoms. The number of primary sulfonamides is 1. The average molecular weight is 474 g/mol. The Kier molecular flexibility index (Phi) is 6.36. The third-order valence-electron chi connectivity index (χ3n) is 5.73. The Hall–Kier alpha value is -2.69. The molecule has 2 N–H and O–H groups in total. The third-order valence-corrected chi connectivity index (χ3v) is 8.52. The van der Waals surface area contributed by atoms with Crippen molar-refractivity contribution in [2.75, 3.05) is 23.4 Å². The standard InChI is InChI=1S/C22H27N5O3S2/c1-16-21(32(23,29)30)31-22(24-16)25(2)20(28)15-17-8-10-18(11-9-17)27-14-4-3-7-19(27)26-12-5-6-13-26/h5-6,8-13,19H,3-4,7,14-15H2,1-2H3,(H2,23,29,30). The van der Waals surface area contributed by atoms with Crippen LogP contribution < -0.4 is 14.9 Å². The van der Waals surface area contributed by atoms with Gasteiger partial charge in [0, 0.05) is 31.7 Å². The summed E-state index contributed by atoms with van der Waals surface area (Å²) in [6, 6.07) is 12.2. The van der Waals surface area contributed by atoms with E-state index in [1.54, 1.807) is 14.0 Å². The SMILES string of the molecule is Cc1nc(N(C)C(=O)Cc2ccc(N3CCCCC3n3cccc3)cc2)sc1S(N)(=O)=O. The molecule has 1 fully saturated rings. The predicted molar refractivity (Wildman–Crippen MR) is 126 cm³/mol. The van der Waals surface area contributed by atoms with Crippen molar-refractivity contribution >= 4 is 38.1 Å². The fourth-order valence-corrected chi connectivity index (χ4v) is 5.98. The molecule has 3 aromatic rings. The average Bonchev–Trinajstić information content (AvgIpc) is 3.43. The van der Waals surface area contributed by atoms with Gasteiger partial charge in [0.25, 0.3) is 0 Å². The first-order valence-corrected chi connectivity index (χ1v) is 12.8. The first kappa shape index (κ1) is 22.5. The summed E-state index contributed by atoms with van der Waals surface area (Å²) in [6.45, 7) is 2.57. The molecule has 1 aromatic carbocycles. The van der Waals surface area contributed by atoms with Crippen LogP contribution in [-0.2, 0) is 21.2 Å². The number of anilines is 2. The van der Waals surface area contributed by atoms with E-state index in [0.717, 1.165) is 42.0 Å². The molecule has 1 aliphatic heterocycles. The quantitative estimate of drug-likeness (QED) is 0.592. The van der Waals surface area contributed by atoms with Crippen LogP contribution in [0.5, 0.6) is 0 Å². The Morgan fingerprint density at radius 1 is 1.22 bits per heavy atom. The van der Waals surface area contributed by atoms with Crippen LogP contribution in [0, 0.1) is 6.92 Å². The van der Waals surface area contributed by atoms with E-state index < -0.39 is 10.0 Å². The van der Waals surface area contributed by atoms with Gasteiger partial charge in [0.05, 0.1) is 12.1 Å². The molecule has 1 aliphatic rings. The van der Waals surface area contributed by atoms with Crippen LogP contribution in [0.15, 0.2) is 53.0 Å². The molecule has 1 unspecified atom stereocenters. The van der Waals surface area contributed by atoms with E-state index in [4.69, 9.17) is 5.14 Å². The van der Waals surface area contributed by atoms with Gasteiger partial charge in [-0.3, -0.25) is 9.69 Å².